The van der Waals surface area contributed by atoms with Crippen molar-refractivity contribution in [2.45, 2.75) is 26.4 Å². The Bertz CT molecular complexity index is 1010. The number of nitrogens with zero attached hydrogens (tertiary/aromatic N) is 4. The van der Waals surface area contributed by atoms with Gasteiger partial charge in [0.15, 0.2) is 0 Å². The van der Waals surface area contributed by atoms with Gasteiger partial charge >= 0.3 is 0 Å². The molecule has 6 nitrogen and oxygen atoms in total. The van der Waals surface area contributed by atoms with Crippen molar-refractivity contribution in [1.29, 1.82) is 0 Å². The van der Waals surface area contributed by atoms with Gasteiger partial charge in [-0.2, -0.15) is 5.10 Å². The van der Waals surface area contributed by atoms with Gasteiger partial charge in [0.2, 0.25) is 5.91 Å². The highest BCUT2D eigenvalue weighted by Gasteiger charge is 2.22. The van der Waals surface area contributed by atoms with Gasteiger partial charge in [-0.15, -0.1) is 0 Å². The number of ether oxygens (including phenoxy) is 1. The maximum atomic E-state index is 12.7. The fourth-order valence-electron chi connectivity index (χ4n) is 3.88. The van der Waals surface area contributed by atoms with E-state index in [0.717, 1.165) is 43.2 Å². The molecule has 156 valence electrons. The number of aromatic nitrogens is 2. The summed E-state index contributed by atoms with van der Waals surface area (Å²) in [6.45, 7) is 5.93. The van der Waals surface area contributed by atoms with E-state index in [1.165, 1.54) is 11.1 Å². The molecule has 0 saturated carbocycles. The number of carbonyl (C=O) groups is 1. The van der Waals surface area contributed by atoms with E-state index >= 15 is 0 Å². The van der Waals surface area contributed by atoms with Gasteiger partial charge in [0.1, 0.15) is 11.4 Å². The summed E-state index contributed by atoms with van der Waals surface area (Å²) in [5, 5.41) is 4.51. The molecule has 1 aliphatic rings. The van der Waals surface area contributed by atoms with Crippen LogP contribution < -0.4 is 4.74 Å². The third kappa shape index (κ3) is 4.54. The zero-order valence-corrected chi connectivity index (χ0v) is 17.6. The fraction of sp³-hybridized carbons (Fsp3) is 0.333. The summed E-state index contributed by atoms with van der Waals surface area (Å²) in [5.74, 6) is 1.02. The SMILES string of the molecule is COc1ccccc1-n1cc(CN2CCC(=O)N(Cc3ccccc3C)CC2)cn1. The summed E-state index contributed by atoms with van der Waals surface area (Å²) in [4.78, 5) is 17.0. The van der Waals surface area contributed by atoms with Gasteiger partial charge in [0.05, 0.1) is 13.3 Å². The summed E-state index contributed by atoms with van der Waals surface area (Å²) in [6, 6.07) is 16.1. The van der Waals surface area contributed by atoms with E-state index in [2.05, 4.69) is 29.1 Å². The minimum Gasteiger partial charge on any atom is -0.494 e. The van der Waals surface area contributed by atoms with Gasteiger partial charge < -0.3 is 9.64 Å². The fourth-order valence-corrected chi connectivity index (χ4v) is 3.88. The second kappa shape index (κ2) is 9.13. The normalized spacial score (nSPS) is 15.3. The monoisotopic (exact) mass is 404 g/mol. The van der Waals surface area contributed by atoms with E-state index in [9.17, 15) is 4.79 Å². The molecule has 1 amide bonds. The first-order valence-electron chi connectivity index (χ1n) is 10.4. The minimum atomic E-state index is 0.227. The lowest BCUT2D eigenvalue weighted by molar-refractivity contribution is -0.130. The summed E-state index contributed by atoms with van der Waals surface area (Å²) < 4.78 is 7.29. The van der Waals surface area contributed by atoms with E-state index in [1.807, 2.05) is 58.4 Å². The third-order valence-corrected chi connectivity index (χ3v) is 5.68. The van der Waals surface area contributed by atoms with Crippen LogP contribution in [0.1, 0.15) is 23.1 Å². The second-order valence-electron chi connectivity index (χ2n) is 7.73. The van der Waals surface area contributed by atoms with Gasteiger partial charge in [0.25, 0.3) is 0 Å². The number of methoxy groups -OCH3 is 1. The number of rotatable bonds is 6. The van der Waals surface area contributed by atoms with Crippen molar-refractivity contribution in [1.82, 2.24) is 19.6 Å². The molecule has 0 unspecified atom stereocenters. The van der Waals surface area contributed by atoms with Crippen LogP contribution >= 0.6 is 0 Å². The Balaban J connectivity index is 1.40. The highest BCUT2D eigenvalue weighted by atomic mass is 16.5. The van der Waals surface area contributed by atoms with Crippen LogP contribution in [0.5, 0.6) is 5.75 Å². The van der Waals surface area contributed by atoms with Crippen LogP contribution in [0.4, 0.5) is 0 Å². The molecule has 4 rings (SSSR count). The maximum Gasteiger partial charge on any atom is 0.224 e. The number of amides is 1. The van der Waals surface area contributed by atoms with E-state index in [1.54, 1.807) is 7.11 Å². The number of benzene rings is 2. The van der Waals surface area contributed by atoms with Gasteiger partial charge in [-0.1, -0.05) is 36.4 Å². The van der Waals surface area contributed by atoms with Crippen LogP contribution in [0.15, 0.2) is 60.9 Å². The van der Waals surface area contributed by atoms with Crippen molar-refractivity contribution in [3.05, 3.63) is 77.6 Å². The number of para-hydroxylation sites is 2. The summed E-state index contributed by atoms with van der Waals surface area (Å²) in [5.41, 5.74) is 4.50. The van der Waals surface area contributed by atoms with Crippen LogP contribution in [0, 0.1) is 6.92 Å². The number of carbonyl (C=O) groups excluding carboxylic acids is 1. The van der Waals surface area contributed by atoms with Crippen molar-refractivity contribution in [2.24, 2.45) is 0 Å². The summed E-state index contributed by atoms with van der Waals surface area (Å²) >= 11 is 0. The highest BCUT2D eigenvalue weighted by molar-refractivity contribution is 5.76. The van der Waals surface area contributed by atoms with E-state index < -0.39 is 0 Å². The van der Waals surface area contributed by atoms with Crippen molar-refractivity contribution >= 4 is 5.91 Å². The maximum absolute atomic E-state index is 12.7. The second-order valence-corrected chi connectivity index (χ2v) is 7.73. The molecule has 0 aliphatic carbocycles. The van der Waals surface area contributed by atoms with Crippen LogP contribution in [0.3, 0.4) is 0 Å². The molecule has 0 atom stereocenters. The molecular weight excluding hydrogens is 376 g/mol. The minimum absolute atomic E-state index is 0.227. The molecule has 0 N–H and O–H groups in total. The topological polar surface area (TPSA) is 50.6 Å². The molecule has 1 aromatic heterocycles. The zero-order valence-electron chi connectivity index (χ0n) is 17.6. The molecule has 0 radical (unpaired) electrons. The lowest BCUT2D eigenvalue weighted by atomic mass is 10.1. The van der Waals surface area contributed by atoms with Crippen molar-refractivity contribution < 1.29 is 9.53 Å². The molecule has 30 heavy (non-hydrogen) atoms. The molecule has 0 bridgehead atoms. The first-order chi connectivity index (χ1) is 14.6. The predicted octanol–water partition coefficient (Wildman–Crippen LogP) is 3.42. The molecule has 2 aromatic carbocycles. The predicted molar refractivity (Wildman–Crippen MR) is 117 cm³/mol. The molecule has 0 spiro atoms. The van der Waals surface area contributed by atoms with Crippen LogP contribution in [0.2, 0.25) is 0 Å². The molecule has 1 saturated heterocycles. The molecule has 1 fully saturated rings. The third-order valence-electron chi connectivity index (χ3n) is 5.68. The van der Waals surface area contributed by atoms with E-state index in [0.29, 0.717) is 13.0 Å². The lowest BCUT2D eigenvalue weighted by Gasteiger charge is -2.22. The standard InChI is InChI=1S/C24H28N4O2/c1-19-7-3-4-8-21(19)18-27-14-13-26(12-11-24(27)29)16-20-15-25-28(17-20)22-9-5-6-10-23(22)30-2/h3-10,15,17H,11-14,16,18H2,1-2H3. The van der Waals surface area contributed by atoms with Crippen molar-refractivity contribution in [3.63, 3.8) is 0 Å². The van der Waals surface area contributed by atoms with Crippen LogP contribution in [-0.2, 0) is 17.9 Å². The highest BCUT2D eigenvalue weighted by Crippen LogP contribution is 2.22. The van der Waals surface area contributed by atoms with Crippen molar-refractivity contribution in [2.75, 3.05) is 26.7 Å². The molecule has 6 heteroatoms. The molecule has 1 aliphatic heterocycles. The van der Waals surface area contributed by atoms with Gasteiger partial charge in [-0.25, -0.2) is 4.68 Å². The first kappa shape index (κ1) is 20.2. The quantitative estimate of drug-likeness (QED) is 0.632. The van der Waals surface area contributed by atoms with E-state index in [4.69, 9.17) is 4.74 Å². The first-order valence-corrected chi connectivity index (χ1v) is 10.4. The molecular formula is C24H28N4O2. The Kier molecular flexibility index (Phi) is 6.14. The lowest BCUT2D eigenvalue weighted by Crippen LogP contribution is -2.32. The number of hydrogen-bond acceptors (Lipinski definition) is 4. The van der Waals surface area contributed by atoms with Crippen molar-refractivity contribution in [3.8, 4) is 11.4 Å². The Morgan fingerprint density at radius 2 is 1.80 bits per heavy atom. The smallest absolute Gasteiger partial charge is 0.224 e. The Labute approximate surface area is 177 Å². The number of hydrogen-bond donors (Lipinski definition) is 0. The van der Waals surface area contributed by atoms with Gasteiger partial charge in [0, 0.05) is 50.9 Å². The summed E-state index contributed by atoms with van der Waals surface area (Å²) in [7, 11) is 1.67. The summed E-state index contributed by atoms with van der Waals surface area (Å²) in [6.07, 6.45) is 4.48. The average molecular weight is 405 g/mol. The largest absolute Gasteiger partial charge is 0.494 e. The average Bonchev–Trinajstić information content (AvgIpc) is 3.16. The Morgan fingerprint density at radius 1 is 1.00 bits per heavy atom. The van der Waals surface area contributed by atoms with E-state index in [-0.39, 0.29) is 5.91 Å². The molecule has 2 heterocycles. The van der Waals surface area contributed by atoms with Gasteiger partial charge in [-0.05, 0) is 30.2 Å². The zero-order chi connectivity index (χ0) is 20.9. The Morgan fingerprint density at radius 3 is 2.63 bits per heavy atom. The number of aryl methyl sites for hydroxylation is 1. The molecule has 3 aromatic rings. The van der Waals surface area contributed by atoms with Gasteiger partial charge in [-0.3, -0.25) is 9.69 Å². The Hall–Kier alpha value is -3.12. The van der Waals surface area contributed by atoms with Crippen LogP contribution in [-0.4, -0.2) is 52.2 Å². The van der Waals surface area contributed by atoms with Crippen LogP contribution in [0.25, 0.3) is 5.69 Å².